The number of carboxylic acid groups (broad SMARTS) is 1. The summed E-state index contributed by atoms with van der Waals surface area (Å²) in [5.41, 5.74) is -0.830. The third-order valence-electron chi connectivity index (χ3n) is 5.31. The Bertz CT molecular complexity index is 1050. The molecule has 0 bridgehead atoms. The van der Waals surface area contributed by atoms with Gasteiger partial charge in [-0.15, -0.1) is 0 Å². The molecule has 9 heteroatoms. The number of carboxylic acids is 1. The fourth-order valence-electron chi connectivity index (χ4n) is 3.46. The minimum Gasteiger partial charge on any atom is -0.481 e. The largest absolute Gasteiger partial charge is 0.481 e. The molecule has 30 heavy (non-hydrogen) atoms. The molecule has 1 amide bonds. The lowest BCUT2D eigenvalue weighted by Gasteiger charge is -2.25. The van der Waals surface area contributed by atoms with Crippen molar-refractivity contribution >= 4 is 39.2 Å². The lowest BCUT2D eigenvalue weighted by molar-refractivity contribution is -0.145. The molecule has 0 aliphatic carbocycles. The SMILES string of the molecule is C[C@](CC(=O)Nc1cc(S(=O)(=O)N2CCCC2)ccc1Cl)(C(=O)O)c1ccccc1. The van der Waals surface area contributed by atoms with Gasteiger partial charge in [-0.25, -0.2) is 8.42 Å². The van der Waals surface area contributed by atoms with E-state index in [2.05, 4.69) is 5.32 Å². The second-order valence-corrected chi connectivity index (χ2v) is 9.83. The molecular weight excluding hydrogens is 428 g/mol. The zero-order chi connectivity index (χ0) is 21.9. The third kappa shape index (κ3) is 4.50. The predicted octanol–water partition coefficient (Wildman–Crippen LogP) is 3.50. The van der Waals surface area contributed by atoms with Crippen LogP contribution in [0, 0.1) is 0 Å². The normalized spacial score (nSPS) is 16.7. The van der Waals surface area contributed by atoms with E-state index in [-0.39, 0.29) is 22.0 Å². The van der Waals surface area contributed by atoms with Crippen LogP contribution in [0.5, 0.6) is 0 Å². The first-order chi connectivity index (χ1) is 14.1. The van der Waals surface area contributed by atoms with Crippen LogP contribution in [-0.4, -0.2) is 42.8 Å². The Hall–Kier alpha value is -2.42. The average Bonchev–Trinajstić information content (AvgIpc) is 3.25. The number of halogens is 1. The van der Waals surface area contributed by atoms with Gasteiger partial charge in [-0.1, -0.05) is 41.9 Å². The predicted molar refractivity (Wildman–Crippen MR) is 114 cm³/mol. The van der Waals surface area contributed by atoms with Gasteiger partial charge >= 0.3 is 5.97 Å². The number of anilines is 1. The minimum atomic E-state index is -3.68. The summed E-state index contributed by atoms with van der Waals surface area (Å²) >= 11 is 6.16. The highest BCUT2D eigenvalue weighted by Gasteiger charge is 2.37. The molecule has 0 spiro atoms. The molecule has 3 rings (SSSR count). The van der Waals surface area contributed by atoms with E-state index in [9.17, 15) is 23.1 Å². The van der Waals surface area contributed by atoms with E-state index in [1.807, 2.05) is 0 Å². The number of aliphatic carboxylic acids is 1. The van der Waals surface area contributed by atoms with Gasteiger partial charge < -0.3 is 10.4 Å². The summed E-state index contributed by atoms with van der Waals surface area (Å²) in [6.07, 6.45) is 1.28. The molecule has 2 aromatic rings. The maximum Gasteiger partial charge on any atom is 0.314 e. The van der Waals surface area contributed by atoms with Gasteiger partial charge in [0.15, 0.2) is 0 Å². The second-order valence-electron chi connectivity index (χ2n) is 7.48. The van der Waals surface area contributed by atoms with Gasteiger partial charge in [-0.05, 0) is 43.5 Å². The monoisotopic (exact) mass is 450 g/mol. The van der Waals surface area contributed by atoms with E-state index in [1.54, 1.807) is 30.3 Å². The highest BCUT2D eigenvalue weighted by atomic mass is 35.5. The number of sulfonamides is 1. The van der Waals surface area contributed by atoms with E-state index in [4.69, 9.17) is 11.6 Å². The Kier molecular flexibility index (Phi) is 6.50. The van der Waals surface area contributed by atoms with Crippen LogP contribution >= 0.6 is 11.6 Å². The summed E-state index contributed by atoms with van der Waals surface area (Å²) in [6, 6.07) is 12.6. The van der Waals surface area contributed by atoms with Crippen LogP contribution in [0.3, 0.4) is 0 Å². The number of amides is 1. The first-order valence-electron chi connectivity index (χ1n) is 9.53. The maximum atomic E-state index is 12.8. The zero-order valence-corrected chi connectivity index (χ0v) is 18.0. The summed E-state index contributed by atoms with van der Waals surface area (Å²) in [6.45, 7) is 2.39. The lowest BCUT2D eigenvalue weighted by Crippen LogP contribution is -2.36. The quantitative estimate of drug-likeness (QED) is 0.671. The minimum absolute atomic E-state index is 0.0353. The van der Waals surface area contributed by atoms with Crippen LogP contribution in [0.25, 0.3) is 0 Å². The summed E-state index contributed by atoms with van der Waals surface area (Å²) in [7, 11) is -3.68. The van der Waals surface area contributed by atoms with Crippen molar-refractivity contribution in [3.05, 3.63) is 59.1 Å². The Morgan fingerprint density at radius 2 is 1.77 bits per heavy atom. The van der Waals surface area contributed by atoms with Crippen molar-refractivity contribution in [2.45, 2.75) is 36.5 Å². The van der Waals surface area contributed by atoms with Gasteiger partial charge in [-0.2, -0.15) is 4.31 Å². The third-order valence-corrected chi connectivity index (χ3v) is 7.54. The van der Waals surface area contributed by atoms with Gasteiger partial charge in [0.1, 0.15) is 0 Å². The summed E-state index contributed by atoms with van der Waals surface area (Å²) < 4.78 is 27.0. The lowest BCUT2D eigenvalue weighted by atomic mass is 9.79. The van der Waals surface area contributed by atoms with Crippen molar-refractivity contribution in [2.75, 3.05) is 18.4 Å². The Morgan fingerprint density at radius 1 is 1.13 bits per heavy atom. The van der Waals surface area contributed by atoms with Gasteiger partial charge in [0.05, 0.1) is 21.0 Å². The van der Waals surface area contributed by atoms with Gasteiger partial charge in [0.2, 0.25) is 15.9 Å². The van der Waals surface area contributed by atoms with E-state index < -0.39 is 27.3 Å². The van der Waals surface area contributed by atoms with Crippen molar-refractivity contribution in [2.24, 2.45) is 0 Å². The molecular formula is C21H23ClN2O5S. The smallest absolute Gasteiger partial charge is 0.314 e. The fourth-order valence-corrected chi connectivity index (χ4v) is 5.17. The van der Waals surface area contributed by atoms with E-state index in [0.29, 0.717) is 18.7 Å². The first kappa shape index (κ1) is 22.3. The van der Waals surface area contributed by atoms with Crippen LogP contribution in [0.2, 0.25) is 5.02 Å². The number of hydrogen-bond acceptors (Lipinski definition) is 4. The number of nitrogens with one attached hydrogen (secondary N) is 1. The average molecular weight is 451 g/mol. The number of hydrogen-bond donors (Lipinski definition) is 2. The number of rotatable bonds is 7. The van der Waals surface area contributed by atoms with E-state index in [1.165, 1.54) is 29.4 Å². The number of carbonyl (C=O) groups excluding carboxylic acids is 1. The van der Waals surface area contributed by atoms with Gasteiger partial charge in [-0.3, -0.25) is 9.59 Å². The Balaban J connectivity index is 1.83. The maximum absolute atomic E-state index is 12.8. The molecule has 2 aromatic carbocycles. The topological polar surface area (TPSA) is 104 Å². The molecule has 0 saturated carbocycles. The standard InChI is InChI=1S/C21H23ClN2O5S/c1-21(20(26)27,15-7-3-2-4-8-15)14-19(25)23-18-13-16(9-10-17(18)22)30(28,29)24-11-5-6-12-24/h2-4,7-10,13H,5-6,11-12,14H2,1H3,(H,23,25)(H,26,27)/t21-/m1/s1. The summed E-state index contributed by atoms with van der Waals surface area (Å²) in [4.78, 5) is 24.6. The highest BCUT2D eigenvalue weighted by molar-refractivity contribution is 7.89. The molecule has 1 heterocycles. The Labute approximate surface area is 180 Å². The first-order valence-corrected chi connectivity index (χ1v) is 11.3. The zero-order valence-electron chi connectivity index (χ0n) is 16.5. The molecule has 2 N–H and O–H groups in total. The molecule has 0 unspecified atom stereocenters. The fraction of sp³-hybridized carbons (Fsp3) is 0.333. The van der Waals surface area contributed by atoms with Crippen molar-refractivity contribution in [1.82, 2.24) is 4.31 Å². The number of carbonyl (C=O) groups is 2. The van der Waals surface area contributed by atoms with Gasteiger partial charge in [0.25, 0.3) is 0 Å². The van der Waals surface area contributed by atoms with Crippen LogP contribution in [0.4, 0.5) is 5.69 Å². The molecule has 1 saturated heterocycles. The van der Waals surface area contributed by atoms with Crippen LogP contribution in [0.1, 0.15) is 31.7 Å². The molecule has 160 valence electrons. The van der Waals surface area contributed by atoms with Crippen molar-refractivity contribution in [3.8, 4) is 0 Å². The highest BCUT2D eigenvalue weighted by Crippen LogP contribution is 2.31. The van der Waals surface area contributed by atoms with Gasteiger partial charge in [0, 0.05) is 19.5 Å². The summed E-state index contributed by atoms with van der Waals surface area (Å²) in [5.74, 6) is -1.72. The Morgan fingerprint density at radius 3 is 2.37 bits per heavy atom. The molecule has 1 atom stereocenters. The molecule has 1 aliphatic heterocycles. The van der Waals surface area contributed by atoms with E-state index in [0.717, 1.165) is 12.8 Å². The molecule has 7 nitrogen and oxygen atoms in total. The van der Waals surface area contributed by atoms with Crippen LogP contribution in [-0.2, 0) is 25.0 Å². The summed E-state index contributed by atoms with van der Waals surface area (Å²) in [5, 5.41) is 12.5. The van der Waals surface area contributed by atoms with Crippen LogP contribution in [0.15, 0.2) is 53.4 Å². The molecule has 0 aromatic heterocycles. The molecule has 0 radical (unpaired) electrons. The number of nitrogens with zero attached hydrogens (tertiary/aromatic N) is 1. The van der Waals surface area contributed by atoms with E-state index >= 15 is 0 Å². The van der Waals surface area contributed by atoms with Crippen LogP contribution < -0.4 is 5.32 Å². The van der Waals surface area contributed by atoms with Crippen molar-refractivity contribution in [3.63, 3.8) is 0 Å². The van der Waals surface area contributed by atoms with Crippen molar-refractivity contribution in [1.29, 1.82) is 0 Å². The second kappa shape index (κ2) is 8.75. The van der Waals surface area contributed by atoms with Crippen molar-refractivity contribution < 1.29 is 23.1 Å². The molecule has 1 fully saturated rings. The number of benzene rings is 2. The molecule has 1 aliphatic rings.